The van der Waals surface area contributed by atoms with Gasteiger partial charge in [0.1, 0.15) is 0 Å². The largest absolute Gasteiger partial charge is 0.311 e. The quantitative estimate of drug-likeness (QED) is 0.0985. The second kappa shape index (κ2) is 16.5. The summed E-state index contributed by atoms with van der Waals surface area (Å²) in [4.78, 5) is 2.39. The summed E-state index contributed by atoms with van der Waals surface area (Å²) < 4.78 is 2.42. The van der Waals surface area contributed by atoms with Gasteiger partial charge in [-0.05, 0) is 92.0 Å². The van der Waals surface area contributed by atoms with E-state index in [2.05, 4.69) is 276 Å². The van der Waals surface area contributed by atoms with Crippen LogP contribution in [0.3, 0.4) is 0 Å². The van der Waals surface area contributed by atoms with E-state index in [0.29, 0.717) is 0 Å². The molecule has 0 amide bonds. The molecule has 1 aromatic heterocycles. The molecule has 0 saturated heterocycles. The second-order valence-electron chi connectivity index (χ2n) is 16.1. The van der Waals surface area contributed by atoms with Crippen molar-refractivity contribution >= 4 is 67.7 Å². The SMILES string of the molecule is c1ccc(-c2ccc(N(c3ccc(-c4cccc5c6ccccc6n(-c6ccccc6)c45)cc3)c3ccc([Si](c4ccccc4)(c4ccccc4)c4ccccc4)cc3)cc2)cc1. The predicted octanol–water partition coefficient (Wildman–Crippen LogP) is 13.0. The number of hydrogen-bond donors (Lipinski definition) is 0. The van der Waals surface area contributed by atoms with Gasteiger partial charge in [0.25, 0.3) is 0 Å². The van der Waals surface area contributed by atoms with Gasteiger partial charge in [-0.3, -0.25) is 0 Å². The topological polar surface area (TPSA) is 8.17 Å². The smallest absolute Gasteiger partial charge is 0.179 e. The molecule has 0 aliphatic carbocycles. The van der Waals surface area contributed by atoms with E-state index < -0.39 is 8.07 Å². The minimum absolute atomic E-state index is 1.09. The Kier molecular flexibility index (Phi) is 9.93. The van der Waals surface area contributed by atoms with E-state index >= 15 is 0 Å². The number of fused-ring (bicyclic) bond motifs is 3. The number of benzene rings is 10. The molecule has 11 aromatic rings. The second-order valence-corrected chi connectivity index (χ2v) is 19.9. The molecule has 0 bridgehead atoms. The van der Waals surface area contributed by atoms with Gasteiger partial charge in [-0.15, -0.1) is 0 Å². The van der Waals surface area contributed by atoms with Gasteiger partial charge in [-0.25, -0.2) is 0 Å². The summed E-state index contributed by atoms with van der Waals surface area (Å²) in [5.41, 5.74) is 11.6. The third kappa shape index (κ3) is 6.76. The van der Waals surface area contributed by atoms with E-state index in [1.54, 1.807) is 0 Å². The fraction of sp³-hybridized carbons (Fsp3) is 0. The van der Waals surface area contributed by atoms with Crippen LogP contribution in [0.15, 0.2) is 267 Å². The maximum Gasteiger partial charge on any atom is 0.179 e. The molecule has 10 aromatic carbocycles. The van der Waals surface area contributed by atoms with E-state index in [1.807, 2.05) is 0 Å². The Labute approximate surface area is 370 Å². The van der Waals surface area contributed by atoms with Crippen molar-refractivity contribution in [2.75, 3.05) is 4.90 Å². The molecule has 0 saturated carbocycles. The van der Waals surface area contributed by atoms with Crippen LogP contribution < -0.4 is 25.6 Å². The molecule has 0 aliphatic rings. The van der Waals surface area contributed by atoms with Gasteiger partial charge in [-0.1, -0.05) is 212 Å². The molecule has 0 N–H and O–H groups in total. The molecule has 0 aliphatic heterocycles. The summed E-state index contributed by atoms with van der Waals surface area (Å²) in [7, 11) is -2.69. The number of anilines is 3. The Hall–Kier alpha value is -7.98. The maximum atomic E-state index is 2.42. The zero-order valence-electron chi connectivity index (χ0n) is 34.8. The molecule has 1 heterocycles. The fourth-order valence-corrected chi connectivity index (χ4v) is 14.4. The Morgan fingerprint density at radius 1 is 0.286 bits per heavy atom. The number of para-hydroxylation sites is 3. The minimum atomic E-state index is -2.69. The number of rotatable bonds is 10. The van der Waals surface area contributed by atoms with Crippen LogP contribution in [0.2, 0.25) is 0 Å². The van der Waals surface area contributed by atoms with Crippen LogP contribution in [0.4, 0.5) is 17.1 Å². The molecular weight excluding hydrogens is 777 g/mol. The monoisotopic (exact) mass is 820 g/mol. The fourth-order valence-electron chi connectivity index (χ4n) is 9.69. The summed E-state index contributed by atoms with van der Waals surface area (Å²) in [6.07, 6.45) is 0. The molecule has 63 heavy (non-hydrogen) atoms. The van der Waals surface area contributed by atoms with E-state index in [1.165, 1.54) is 64.8 Å². The van der Waals surface area contributed by atoms with E-state index in [9.17, 15) is 0 Å². The average molecular weight is 821 g/mol. The van der Waals surface area contributed by atoms with E-state index in [-0.39, 0.29) is 0 Å². The highest BCUT2D eigenvalue weighted by atomic mass is 28.3. The molecular formula is C60H44N2Si. The van der Waals surface area contributed by atoms with Crippen LogP contribution in [-0.2, 0) is 0 Å². The van der Waals surface area contributed by atoms with Gasteiger partial charge in [0.2, 0.25) is 0 Å². The zero-order chi connectivity index (χ0) is 42.0. The minimum Gasteiger partial charge on any atom is -0.311 e. The molecule has 0 atom stereocenters. The first-order valence-electron chi connectivity index (χ1n) is 21.7. The van der Waals surface area contributed by atoms with Crippen molar-refractivity contribution < 1.29 is 0 Å². The van der Waals surface area contributed by atoms with Crippen LogP contribution in [0.1, 0.15) is 0 Å². The zero-order valence-corrected chi connectivity index (χ0v) is 35.8. The molecule has 0 unspecified atom stereocenters. The van der Waals surface area contributed by atoms with Crippen LogP contribution >= 0.6 is 0 Å². The van der Waals surface area contributed by atoms with E-state index in [4.69, 9.17) is 0 Å². The summed E-state index contributed by atoms with van der Waals surface area (Å²) >= 11 is 0. The van der Waals surface area contributed by atoms with Gasteiger partial charge in [0.15, 0.2) is 8.07 Å². The highest BCUT2D eigenvalue weighted by Gasteiger charge is 2.41. The lowest BCUT2D eigenvalue weighted by atomic mass is 10.0. The van der Waals surface area contributed by atoms with E-state index in [0.717, 1.165) is 22.7 Å². The Morgan fingerprint density at radius 2 is 0.683 bits per heavy atom. The summed E-state index contributed by atoms with van der Waals surface area (Å²) in [5.74, 6) is 0. The van der Waals surface area contributed by atoms with Crippen molar-refractivity contribution in [1.82, 2.24) is 4.57 Å². The first-order valence-corrected chi connectivity index (χ1v) is 23.7. The van der Waals surface area contributed by atoms with Crippen LogP contribution in [0.25, 0.3) is 49.7 Å². The van der Waals surface area contributed by atoms with Crippen molar-refractivity contribution in [1.29, 1.82) is 0 Å². The number of aromatic nitrogens is 1. The molecule has 2 nitrogen and oxygen atoms in total. The normalized spacial score (nSPS) is 11.5. The van der Waals surface area contributed by atoms with Gasteiger partial charge >= 0.3 is 0 Å². The first kappa shape index (κ1) is 38.0. The van der Waals surface area contributed by atoms with Crippen molar-refractivity contribution in [2.24, 2.45) is 0 Å². The van der Waals surface area contributed by atoms with Crippen molar-refractivity contribution in [3.63, 3.8) is 0 Å². The van der Waals surface area contributed by atoms with Crippen LogP contribution in [0, 0.1) is 0 Å². The van der Waals surface area contributed by atoms with Crippen LogP contribution in [-0.4, -0.2) is 12.6 Å². The first-order chi connectivity index (χ1) is 31.3. The van der Waals surface area contributed by atoms with Gasteiger partial charge in [0, 0.05) is 39.1 Å². The summed E-state index contributed by atoms with van der Waals surface area (Å²) in [6.45, 7) is 0. The summed E-state index contributed by atoms with van der Waals surface area (Å²) in [5, 5.41) is 7.92. The molecule has 0 spiro atoms. The summed E-state index contributed by atoms with van der Waals surface area (Å²) in [6, 6.07) is 97.7. The third-order valence-corrected chi connectivity index (χ3v) is 17.4. The van der Waals surface area contributed by atoms with Crippen molar-refractivity contribution in [3.8, 4) is 27.9 Å². The lowest BCUT2D eigenvalue weighted by molar-refractivity contribution is 1.18. The lowest BCUT2D eigenvalue weighted by Gasteiger charge is -2.35. The Balaban J connectivity index is 1.06. The standard InChI is InChI=1S/C60H44N2Si/c1-6-19-45(20-7-1)46-33-37-49(38-34-46)61(51-41-43-55(44-42-51)63(52-23-10-3-11-24-52,53-25-12-4-13-26-53)54-27-14-5-15-28-54)50-39-35-47(36-40-50)56-30-18-31-58-57-29-16-17-32-59(57)62(60(56)58)48-21-8-2-9-22-48/h1-44H. The van der Waals surface area contributed by atoms with Crippen molar-refractivity contribution in [3.05, 3.63) is 267 Å². The molecule has 298 valence electrons. The van der Waals surface area contributed by atoms with Gasteiger partial charge < -0.3 is 9.47 Å². The lowest BCUT2D eigenvalue weighted by Crippen LogP contribution is -2.74. The highest BCUT2D eigenvalue weighted by Crippen LogP contribution is 2.40. The maximum absolute atomic E-state index is 2.69. The molecule has 0 fully saturated rings. The Bertz CT molecular complexity index is 3180. The van der Waals surface area contributed by atoms with Crippen molar-refractivity contribution in [2.45, 2.75) is 0 Å². The predicted molar refractivity (Wildman–Crippen MR) is 270 cm³/mol. The van der Waals surface area contributed by atoms with Crippen LogP contribution in [0.5, 0.6) is 0 Å². The van der Waals surface area contributed by atoms with Gasteiger partial charge in [-0.2, -0.15) is 0 Å². The number of nitrogens with zero attached hydrogens (tertiary/aromatic N) is 2. The molecule has 0 radical (unpaired) electrons. The Morgan fingerprint density at radius 3 is 1.22 bits per heavy atom. The third-order valence-electron chi connectivity index (χ3n) is 12.6. The molecule has 11 rings (SSSR count). The number of hydrogen-bond acceptors (Lipinski definition) is 1. The molecule has 3 heteroatoms. The van der Waals surface area contributed by atoms with Gasteiger partial charge in [0.05, 0.1) is 11.0 Å². The highest BCUT2D eigenvalue weighted by molar-refractivity contribution is 7.19. The average Bonchev–Trinajstić information content (AvgIpc) is 3.71.